The summed E-state index contributed by atoms with van der Waals surface area (Å²) >= 11 is 0. The molecule has 0 spiro atoms. The van der Waals surface area contributed by atoms with Crippen molar-refractivity contribution < 1.29 is 14.3 Å². The van der Waals surface area contributed by atoms with Gasteiger partial charge in [0.1, 0.15) is 0 Å². The number of carbonyl (C=O) groups excluding carboxylic acids is 2. The van der Waals surface area contributed by atoms with Crippen LogP contribution in [0, 0.1) is 12.8 Å². The first kappa shape index (κ1) is 16.0. The molecule has 2 unspecified atom stereocenters. The summed E-state index contributed by atoms with van der Waals surface area (Å²) in [5.41, 5.74) is 2.30. The normalized spacial score (nSPS) is 24.2. The van der Waals surface area contributed by atoms with Gasteiger partial charge >= 0.3 is 0 Å². The van der Waals surface area contributed by atoms with Crippen LogP contribution in [0.25, 0.3) is 0 Å². The van der Waals surface area contributed by atoms with Gasteiger partial charge in [-0.3, -0.25) is 9.59 Å². The highest BCUT2D eigenvalue weighted by atomic mass is 16.5. The Labute approximate surface area is 137 Å². The summed E-state index contributed by atoms with van der Waals surface area (Å²) in [6.45, 7) is 4.46. The second-order valence-electron chi connectivity index (χ2n) is 6.54. The third-order valence-corrected chi connectivity index (χ3v) is 4.61. The van der Waals surface area contributed by atoms with Crippen LogP contribution in [0.15, 0.2) is 24.3 Å². The minimum Gasteiger partial charge on any atom is -0.376 e. The van der Waals surface area contributed by atoms with Crippen LogP contribution in [0.5, 0.6) is 0 Å². The highest BCUT2D eigenvalue weighted by Crippen LogP contribution is 2.21. The van der Waals surface area contributed by atoms with E-state index in [1.165, 1.54) is 5.56 Å². The molecule has 23 heavy (non-hydrogen) atoms. The fourth-order valence-corrected chi connectivity index (χ4v) is 3.18. The van der Waals surface area contributed by atoms with Crippen molar-refractivity contribution in [2.24, 2.45) is 5.92 Å². The van der Waals surface area contributed by atoms with Gasteiger partial charge in [-0.1, -0.05) is 29.8 Å². The fourth-order valence-electron chi connectivity index (χ4n) is 3.18. The molecule has 124 valence electrons. The second kappa shape index (κ2) is 7.13. The number of carbonyl (C=O) groups is 2. The molecule has 2 heterocycles. The molecule has 0 aliphatic carbocycles. The molecular formula is C18H24N2O3. The molecule has 0 radical (unpaired) electrons. The van der Waals surface area contributed by atoms with E-state index in [2.05, 4.69) is 5.32 Å². The monoisotopic (exact) mass is 316 g/mol. The number of hydrogen-bond donors (Lipinski definition) is 1. The van der Waals surface area contributed by atoms with Gasteiger partial charge in [-0.15, -0.1) is 0 Å². The first-order chi connectivity index (χ1) is 11.1. The first-order valence-corrected chi connectivity index (χ1v) is 8.34. The lowest BCUT2D eigenvalue weighted by Crippen LogP contribution is -2.37. The van der Waals surface area contributed by atoms with Crippen molar-refractivity contribution in [3.05, 3.63) is 35.4 Å². The number of benzene rings is 1. The Morgan fingerprint density at radius 2 is 2.13 bits per heavy atom. The maximum absolute atomic E-state index is 12.2. The van der Waals surface area contributed by atoms with Gasteiger partial charge in [0.05, 0.1) is 12.0 Å². The van der Waals surface area contributed by atoms with Gasteiger partial charge in [0, 0.05) is 32.7 Å². The van der Waals surface area contributed by atoms with Crippen molar-refractivity contribution in [2.75, 3.05) is 19.7 Å². The molecule has 2 atom stereocenters. The van der Waals surface area contributed by atoms with E-state index in [-0.39, 0.29) is 23.8 Å². The number of likely N-dealkylation sites (tertiary alicyclic amines) is 1. The first-order valence-electron chi connectivity index (χ1n) is 8.34. The molecule has 2 amide bonds. The minimum absolute atomic E-state index is 0.0275. The molecule has 0 aromatic heterocycles. The van der Waals surface area contributed by atoms with Crippen LogP contribution in [-0.4, -0.2) is 42.5 Å². The van der Waals surface area contributed by atoms with Crippen molar-refractivity contribution in [1.82, 2.24) is 10.2 Å². The Morgan fingerprint density at radius 3 is 2.83 bits per heavy atom. The lowest BCUT2D eigenvalue weighted by Gasteiger charge is -2.17. The fraction of sp³-hybridized carbons (Fsp3) is 0.556. The number of ether oxygens (including phenoxy) is 1. The minimum atomic E-state index is -0.241. The number of hydrogen-bond acceptors (Lipinski definition) is 3. The molecule has 5 nitrogen and oxygen atoms in total. The zero-order valence-electron chi connectivity index (χ0n) is 13.6. The van der Waals surface area contributed by atoms with E-state index in [0.29, 0.717) is 26.1 Å². The van der Waals surface area contributed by atoms with Gasteiger partial charge in [0.25, 0.3) is 0 Å². The number of amides is 2. The Kier molecular flexibility index (Phi) is 4.96. The van der Waals surface area contributed by atoms with Crippen molar-refractivity contribution in [2.45, 2.75) is 38.8 Å². The Bertz CT molecular complexity index is 564. The van der Waals surface area contributed by atoms with E-state index < -0.39 is 0 Å². The Morgan fingerprint density at radius 1 is 1.35 bits per heavy atom. The SMILES string of the molecule is Cc1ccc(CN2CC(C(=O)NCC3CCCO3)CC2=O)cc1. The predicted molar refractivity (Wildman–Crippen MR) is 86.7 cm³/mol. The van der Waals surface area contributed by atoms with Crippen LogP contribution in [-0.2, 0) is 20.9 Å². The van der Waals surface area contributed by atoms with Crippen LogP contribution in [0.3, 0.4) is 0 Å². The number of nitrogens with one attached hydrogen (secondary N) is 1. The van der Waals surface area contributed by atoms with Crippen molar-refractivity contribution in [1.29, 1.82) is 0 Å². The third kappa shape index (κ3) is 4.10. The van der Waals surface area contributed by atoms with Crippen LogP contribution in [0.2, 0.25) is 0 Å². The summed E-state index contributed by atoms with van der Waals surface area (Å²) in [4.78, 5) is 26.2. The number of nitrogens with zero attached hydrogens (tertiary/aromatic N) is 1. The third-order valence-electron chi connectivity index (χ3n) is 4.61. The zero-order valence-corrected chi connectivity index (χ0v) is 13.6. The zero-order chi connectivity index (χ0) is 16.2. The molecule has 2 saturated heterocycles. The lowest BCUT2D eigenvalue weighted by molar-refractivity contribution is -0.129. The molecule has 1 N–H and O–H groups in total. The molecule has 2 aliphatic heterocycles. The van der Waals surface area contributed by atoms with Crippen molar-refractivity contribution in [3.63, 3.8) is 0 Å². The highest BCUT2D eigenvalue weighted by molar-refractivity contribution is 5.89. The van der Waals surface area contributed by atoms with E-state index >= 15 is 0 Å². The molecule has 3 rings (SSSR count). The van der Waals surface area contributed by atoms with Gasteiger partial charge < -0.3 is 15.0 Å². The topological polar surface area (TPSA) is 58.6 Å². The van der Waals surface area contributed by atoms with E-state index in [0.717, 1.165) is 25.0 Å². The van der Waals surface area contributed by atoms with Gasteiger partial charge in [-0.05, 0) is 25.3 Å². The standard InChI is InChI=1S/C18H24N2O3/c1-13-4-6-14(7-5-13)11-20-12-15(9-17(20)21)18(22)19-10-16-3-2-8-23-16/h4-7,15-16H,2-3,8-12H2,1H3,(H,19,22). The number of rotatable bonds is 5. The molecular weight excluding hydrogens is 292 g/mol. The highest BCUT2D eigenvalue weighted by Gasteiger charge is 2.34. The largest absolute Gasteiger partial charge is 0.376 e. The average Bonchev–Trinajstić information content (AvgIpc) is 3.18. The smallest absolute Gasteiger partial charge is 0.225 e. The lowest BCUT2D eigenvalue weighted by atomic mass is 10.1. The van der Waals surface area contributed by atoms with Crippen LogP contribution in [0.4, 0.5) is 0 Å². The Hall–Kier alpha value is -1.88. The second-order valence-corrected chi connectivity index (χ2v) is 6.54. The predicted octanol–water partition coefficient (Wildman–Crippen LogP) is 1.64. The summed E-state index contributed by atoms with van der Waals surface area (Å²) in [6, 6.07) is 8.16. The molecule has 2 fully saturated rings. The molecule has 1 aromatic carbocycles. The molecule has 2 aliphatic rings. The average molecular weight is 316 g/mol. The van der Waals surface area contributed by atoms with Crippen LogP contribution < -0.4 is 5.32 Å². The summed E-state index contributed by atoms with van der Waals surface area (Å²) in [5, 5.41) is 2.94. The molecule has 0 saturated carbocycles. The summed E-state index contributed by atoms with van der Waals surface area (Å²) in [5.74, 6) is -0.211. The molecule has 1 aromatic rings. The number of aryl methyl sites for hydroxylation is 1. The maximum Gasteiger partial charge on any atom is 0.225 e. The summed E-state index contributed by atoms with van der Waals surface area (Å²) in [6.07, 6.45) is 2.51. The van der Waals surface area contributed by atoms with Gasteiger partial charge in [0.15, 0.2) is 0 Å². The van der Waals surface area contributed by atoms with E-state index in [1.807, 2.05) is 31.2 Å². The van der Waals surface area contributed by atoms with E-state index in [9.17, 15) is 9.59 Å². The van der Waals surface area contributed by atoms with Gasteiger partial charge in [0.2, 0.25) is 11.8 Å². The van der Waals surface area contributed by atoms with Crippen molar-refractivity contribution >= 4 is 11.8 Å². The van der Waals surface area contributed by atoms with Crippen LogP contribution in [0.1, 0.15) is 30.4 Å². The molecule has 5 heteroatoms. The van der Waals surface area contributed by atoms with Gasteiger partial charge in [-0.25, -0.2) is 0 Å². The van der Waals surface area contributed by atoms with Gasteiger partial charge in [-0.2, -0.15) is 0 Å². The molecule has 0 bridgehead atoms. The maximum atomic E-state index is 12.2. The van der Waals surface area contributed by atoms with E-state index in [4.69, 9.17) is 4.74 Å². The van der Waals surface area contributed by atoms with Crippen LogP contribution >= 0.6 is 0 Å². The summed E-state index contributed by atoms with van der Waals surface area (Å²) in [7, 11) is 0. The van der Waals surface area contributed by atoms with Crippen molar-refractivity contribution in [3.8, 4) is 0 Å². The summed E-state index contributed by atoms with van der Waals surface area (Å²) < 4.78 is 5.50. The quantitative estimate of drug-likeness (QED) is 0.898. The van der Waals surface area contributed by atoms with E-state index in [1.54, 1.807) is 4.90 Å². The Balaban J connectivity index is 1.50.